The summed E-state index contributed by atoms with van der Waals surface area (Å²) in [7, 11) is 0. The number of nitrogens with one attached hydrogen (secondary N) is 2. The van der Waals surface area contributed by atoms with E-state index in [2.05, 4.69) is 15.5 Å². The fourth-order valence-electron chi connectivity index (χ4n) is 1.92. The second-order valence-electron chi connectivity index (χ2n) is 4.26. The molecule has 0 aliphatic heterocycles. The van der Waals surface area contributed by atoms with Crippen LogP contribution in [-0.4, -0.2) is 10.2 Å². The zero-order chi connectivity index (χ0) is 13.2. The summed E-state index contributed by atoms with van der Waals surface area (Å²) in [5.41, 5.74) is 2.23. The summed E-state index contributed by atoms with van der Waals surface area (Å²) >= 11 is 0. The lowest BCUT2D eigenvalue weighted by Crippen LogP contribution is -2.02. The Hall–Kier alpha value is -2.43. The standard InChI is InChI=1S/C14H11F2N3/c15-11-2-1-9(13(16)6-11)7-17-12-3-4-14-10(5-12)8-18-19-14/h1-6,8,17H,7H2,(H,18,19). The number of anilines is 1. The quantitative estimate of drug-likeness (QED) is 0.756. The molecule has 2 aromatic carbocycles. The van der Waals surface area contributed by atoms with Crippen molar-refractivity contribution in [3.05, 3.63) is 59.8 Å². The molecule has 96 valence electrons. The Labute approximate surface area is 108 Å². The summed E-state index contributed by atoms with van der Waals surface area (Å²) in [5, 5.41) is 10.9. The molecule has 0 bridgehead atoms. The number of aromatic amines is 1. The number of benzene rings is 2. The molecule has 0 atom stereocenters. The highest BCUT2D eigenvalue weighted by atomic mass is 19.1. The highest BCUT2D eigenvalue weighted by Gasteiger charge is 2.04. The summed E-state index contributed by atoms with van der Waals surface area (Å²) in [4.78, 5) is 0. The summed E-state index contributed by atoms with van der Waals surface area (Å²) in [6, 6.07) is 9.26. The van der Waals surface area contributed by atoms with Crippen molar-refractivity contribution >= 4 is 16.6 Å². The molecule has 3 nitrogen and oxygen atoms in total. The second-order valence-corrected chi connectivity index (χ2v) is 4.26. The van der Waals surface area contributed by atoms with Crippen LogP contribution in [0.4, 0.5) is 14.5 Å². The van der Waals surface area contributed by atoms with Gasteiger partial charge in [0.2, 0.25) is 0 Å². The summed E-state index contributed by atoms with van der Waals surface area (Å²) in [6.45, 7) is 0.301. The van der Waals surface area contributed by atoms with E-state index < -0.39 is 11.6 Å². The van der Waals surface area contributed by atoms with Gasteiger partial charge >= 0.3 is 0 Å². The molecule has 3 aromatic rings. The van der Waals surface area contributed by atoms with Crippen LogP contribution < -0.4 is 5.32 Å². The zero-order valence-corrected chi connectivity index (χ0v) is 9.95. The van der Waals surface area contributed by atoms with E-state index in [-0.39, 0.29) is 0 Å². The Kier molecular flexibility index (Phi) is 2.87. The highest BCUT2D eigenvalue weighted by molar-refractivity contribution is 5.81. The van der Waals surface area contributed by atoms with Crippen molar-refractivity contribution in [1.29, 1.82) is 0 Å². The third-order valence-electron chi connectivity index (χ3n) is 2.94. The first-order valence-electron chi connectivity index (χ1n) is 5.83. The number of hydrogen-bond donors (Lipinski definition) is 2. The molecule has 0 fully saturated rings. The third kappa shape index (κ3) is 2.40. The molecular weight excluding hydrogens is 248 g/mol. The molecule has 0 saturated heterocycles. The summed E-state index contributed by atoms with van der Waals surface area (Å²) in [6.07, 6.45) is 1.72. The minimum absolute atomic E-state index is 0.301. The summed E-state index contributed by atoms with van der Waals surface area (Å²) in [5.74, 6) is -1.11. The van der Waals surface area contributed by atoms with E-state index in [1.54, 1.807) is 6.20 Å². The Balaban J connectivity index is 1.77. The van der Waals surface area contributed by atoms with E-state index in [0.717, 1.165) is 22.7 Å². The van der Waals surface area contributed by atoms with Gasteiger partial charge < -0.3 is 5.32 Å². The second kappa shape index (κ2) is 4.68. The van der Waals surface area contributed by atoms with Gasteiger partial charge in [0.05, 0.1) is 11.7 Å². The Bertz CT molecular complexity index is 722. The van der Waals surface area contributed by atoms with E-state index in [1.807, 2.05) is 18.2 Å². The molecule has 2 N–H and O–H groups in total. The molecule has 0 saturated carbocycles. The van der Waals surface area contributed by atoms with Crippen molar-refractivity contribution in [2.24, 2.45) is 0 Å². The third-order valence-corrected chi connectivity index (χ3v) is 2.94. The van der Waals surface area contributed by atoms with Crippen LogP contribution >= 0.6 is 0 Å². The molecule has 0 spiro atoms. The van der Waals surface area contributed by atoms with E-state index in [0.29, 0.717) is 12.1 Å². The van der Waals surface area contributed by atoms with Crippen molar-refractivity contribution in [3.63, 3.8) is 0 Å². The van der Waals surface area contributed by atoms with Gasteiger partial charge in [0, 0.05) is 29.2 Å². The average molecular weight is 259 g/mol. The summed E-state index contributed by atoms with van der Waals surface area (Å²) < 4.78 is 26.2. The Morgan fingerprint density at radius 3 is 2.84 bits per heavy atom. The largest absolute Gasteiger partial charge is 0.381 e. The molecule has 0 radical (unpaired) electrons. The molecule has 0 aliphatic carbocycles. The van der Waals surface area contributed by atoms with Crippen molar-refractivity contribution in [2.75, 3.05) is 5.32 Å². The number of hydrogen-bond acceptors (Lipinski definition) is 2. The van der Waals surface area contributed by atoms with Crippen molar-refractivity contribution in [2.45, 2.75) is 6.54 Å². The first-order valence-corrected chi connectivity index (χ1v) is 5.83. The van der Waals surface area contributed by atoms with Crippen LogP contribution in [0.15, 0.2) is 42.6 Å². The van der Waals surface area contributed by atoms with Gasteiger partial charge in [-0.15, -0.1) is 0 Å². The zero-order valence-electron chi connectivity index (χ0n) is 9.95. The van der Waals surface area contributed by atoms with Gasteiger partial charge in [-0.05, 0) is 24.3 Å². The van der Waals surface area contributed by atoms with Gasteiger partial charge in [-0.25, -0.2) is 8.78 Å². The topological polar surface area (TPSA) is 40.7 Å². The SMILES string of the molecule is Fc1ccc(CNc2ccc3[nH]ncc3c2)c(F)c1. The first-order chi connectivity index (χ1) is 9.22. The lowest BCUT2D eigenvalue weighted by atomic mass is 10.2. The van der Waals surface area contributed by atoms with Gasteiger partial charge in [0.1, 0.15) is 11.6 Å². The minimum Gasteiger partial charge on any atom is -0.381 e. The van der Waals surface area contributed by atoms with Gasteiger partial charge in [-0.2, -0.15) is 5.10 Å². The Morgan fingerprint density at radius 1 is 1.11 bits per heavy atom. The van der Waals surface area contributed by atoms with Crippen LogP contribution in [0.5, 0.6) is 0 Å². The fraction of sp³-hybridized carbons (Fsp3) is 0.0714. The number of H-pyrrole nitrogens is 1. The predicted molar refractivity (Wildman–Crippen MR) is 69.8 cm³/mol. The molecule has 0 aliphatic rings. The van der Waals surface area contributed by atoms with E-state index >= 15 is 0 Å². The molecule has 0 amide bonds. The lowest BCUT2D eigenvalue weighted by molar-refractivity contribution is 0.574. The van der Waals surface area contributed by atoms with Gasteiger partial charge in [-0.1, -0.05) is 6.07 Å². The number of halogens is 2. The highest BCUT2D eigenvalue weighted by Crippen LogP contribution is 2.18. The van der Waals surface area contributed by atoms with E-state index in [4.69, 9.17) is 0 Å². The maximum atomic E-state index is 13.5. The van der Waals surface area contributed by atoms with Crippen LogP contribution in [0.3, 0.4) is 0 Å². The minimum atomic E-state index is -0.568. The number of fused-ring (bicyclic) bond motifs is 1. The molecule has 1 aromatic heterocycles. The molecular formula is C14H11F2N3. The van der Waals surface area contributed by atoms with E-state index in [1.165, 1.54) is 12.1 Å². The maximum absolute atomic E-state index is 13.5. The smallest absolute Gasteiger partial charge is 0.131 e. The Morgan fingerprint density at radius 2 is 2.00 bits per heavy atom. The monoisotopic (exact) mass is 259 g/mol. The molecule has 0 unspecified atom stereocenters. The van der Waals surface area contributed by atoms with Crippen LogP contribution in [0.2, 0.25) is 0 Å². The van der Waals surface area contributed by atoms with Gasteiger partial charge in [0.25, 0.3) is 0 Å². The van der Waals surface area contributed by atoms with Crippen LogP contribution in [0.25, 0.3) is 10.9 Å². The normalized spacial score (nSPS) is 10.8. The maximum Gasteiger partial charge on any atom is 0.131 e. The van der Waals surface area contributed by atoms with Crippen LogP contribution in [-0.2, 0) is 6.54 Å². The van der Waals surface area contributed by atoms with Gasteiger partial charge in [-0.3, -0.25) is 5.10 Å². The molecule has 1 heterocycles. The van der Waals surface area contributed by atoms with Crippen molar-refractivity contribution in [3.8, 4) is 0 Å². The average Bonchev–Trinajstić information content (AvgIpc) is 2.85. The first kappa shape index (κ1) is 11.6. The number of rotatable bonds is 3. The molecule has 5 heteroatoms. The van der Waals surface area contributed by atoms with Crippen LogP contribution in [0.1, 0.15) is 5.56 Å². The number of aromatic nitrogens is 2. The van der Waals surface area contributed by atoms with Crippen LogP contribution in [0, 0.1) is 11.6 Å². The molecule has 3 rings (SSSR count). The van der Waals surface area contributed by atoms with Crippen molar-refractivity contribution < 1.29 is 8.78 Å². The fourth-order valence-corrected chi connectivity index (χ4v) is 1.92. The predicted octanol–water partition coefficient (Wildman–Crippen LogP) is 3.45. The van der Waals surface area contributed by atoms with Gasteiger partial charge in [0.15, 0.2) is 0 Å². The van der Waals surface area contributed by atoms with Crippen molar-refractivity contribution in [1.82, 2.24) is 10.2 Å². The van der Waals surface area contributed by atoms with E-state index in [9.17, 15) is 8.78 Å². The molecule has 19 heavy (non-hydrogen) atoms. The number of nitrogens with zero attached hydrogens (tertiary/aromatic N) is 1. The lowest BCUT2D eigenvalue weighted by Gasteiger charge is -2.07.